The molecule has 0 saturated carbocycles. The summed E-state index contributed by atoms with van der Waals surface area (Å²) in [7, 11) is 1.69. The summed E-state index contributed by atoms with van der Waals surface area (Å²) in [6, 6.07) is 33.5. The molecule has 0 radical (unpaired) electrons. The normalized spacial score (nSPS) is 9.72. The standard InChI is InChI=1S/C21H24.C16H22O.C15H19F/c1-2-3-4-5-6-7-9-14-20-17-12-13-18-21(20)19-15-10-8-11-16-19;1-3-4-5-6-7-8-9-12-15-13-10-11-14-16(15)17-2;1-2-3-4-5-6-7-8-11-14-12-9-10-13-15(14)16/h8,10-13,15-18H,2-7H2,1H3;10-11,13-14H,3-8H2,1-2H3;9-10,12-13H,2-7H2,1H3. The molecule has 0 aliphatic heterocycles. The van der Waals surface area contributed by atoms with E-state index in [2.05, 4.69) is 105 Å². The van der Waals surface area contributed by atoms with Crippen molar-refractivity contribution in [2.24, 2.45) is 0 Å². The molecule has 1 nitrogen and oxygen atoms in total. The molecule has 0 fully saturated rings. The van der Waals surface area contributed by atoms with E-state index in [-0.39, 0.29) is 5.82 Å². The number of para-hydroxylation sites is 1. The summed E-state index contributed by atoms with van der Waals surface area (Å²) in [5.41, 5.74) is 5.11. The average Bonchev–Trinajstić information content (AvgIpc) is 3.21. The molecule has 0 aliphatic carbocycles. The van der Waals surface area contributed by atoms with Crippen molar-refractivity contribution in [1.82, 2.24) is 0 Å². The number of hydrogen-bond donors (Lipinski definition) is 0. The molecule has 0 unspecified atom stereocenters. The lowest BCUT2D eigenvalue weighted by Crippen LogP contribution is -1.86. The molecule has 54 heavy (non-hydrogen) atoms. The first kappa shape index (κ1) is 45.4. The van der Waals surface area contributed by atoms with E-state index in [9.17, 15) is 4.39 Å². The molecular formula is C52H65FO. The highest BCUT2D eigenvalue weighted by atomic mass is 19.1. The van der Waals surface area contributed by atoms with Crippen molar-refractivity contribution >= 4 is 0 Å². The molecule has 2 heteroatoms. The predicted molar refractivity (Wildman–Crippen MR) is 232 cm³/mol. The minimum absolute atomic E-state index is 0.221. The van der Waals surface area contributed by atoms with Crippen LogP contribution in [0.15, 0.2) is 103 Å². The summed E-state index contributed by atoms with van der Waals surface area (Å²) in [6.07, 6.45) is 22.1. The molecule has 286 valence electrons. The zero-order chi connectivity index (χ0) is 38.7. The number of benzene rings is 4. The van der Waals surface area contributed by atoms with Crippen LogP contribution in [0.3, 0.4) is 0 Å². The van der Waals surface area contributed by atoms with Crippen LogP contribution in [0.2, 0.25) is 0 Å². The number of halogens is 1. The third-order valence-electron chi connectivity index (χ3n) is 8.88. The molecule has 0 atom stereocenters. The van der Waals surface area contributed by atoms with Crippen LogP contribution in [0.5, 0.6) is 5.75 Å². The van der Waals surface area contributed by atoms with Gasteiger partial charge >= 0.3 is 0 Å². The van der Waals surface area contributed by atoms with E-state index in [1.807, 2.05) is 36.4 Å². The van der Waals surface area contributed by atoms with E-state index < -0.39 is 0 Å². The molecule has 0 bridgehead atoms. The maximum absolute atomic E-state index is 13.2. The lowest BCUT2D eigenvalue weighted by molar-refractivity contribution is 0.413. The Balaban J connectivity index is 0.000000284. The van der Waals surface area contributed by atoms with Gasteiger partial charge in [-0.2, -0.15) is 0 Å². The molecule has 0 heterocycles. The van der Waals surface area contributed by atoms with Crippen LogP contribution < -0.4 is 4.74 Å². The smallest absolute Gasteiger partial charge is 0.138 e. The molecular weight excluding hydrogens is 660 g/mol. The lowest BCUT2D eigenvalue weighted by atomic mass is 10.00. The molecule has 0 saturated heterocycles. The Morgan fingerprint density at radius 3 is 1.35 bits per heavy atom. The van der Waals surface area contributed by atoms with Gasteiger partial charge in [-0.15, -0.1) is 0 Å². The van der Waals surface area contributed by atoms with Gasteiger partial charge in [-0.1, -0.05) is 206 Å². The summed E-state index contributed by atoms with van der Waals surface area (Å²) in [4.78, 5) is 0. The zero-order valence-electron chi connectivity index (χ0n) is 33.8. The highest BCUT2D eigenvalue weighted by Crippen LogP contribution is 2.22. The summed E-state index contributed by atoms with van der Waals surface area (Å²) in [6.45, 7) is 6.69. The van der Waals surface area contributed by atoms with E-state index in [4.69, 9.17) is 4.74 Å². The highest BCUT2D eigenvalue weighted by molar-refractivity contribution is 5.70. The van der Waals surface area contributed by atoms with Crippen molar-refractivity contribution in [1.29, 1.82) is 0 Å². The number of rotatable bonds is 17. The minimum Gasteiger partial charge on any atom is -0.495 e. The van der Waals surface area contributed by atoms with E-state index in [1.54, 1.807) is 19.2 Å². The SMILES string of the molecule is CCCCCCCC#Cc1ccccc1-c1ccccc1.CCCCCCCC#Cc1ccccc1F.CCCCCCCC#Cc1ccccc1OC. The topological polar surface area (TPSA) is 9.23 Å². The Morgan fingerprint density at radius 1 is 0.426 bits per heavy atom. The maximum Gasteiger partial charge on any atom is 0.138 e. The molecule has 0 N–H and O–H groups in total. The van der Waals surface area contributed by atoms with Gasteiger partial charge < -0.3 is 4.74 Å². The second kappa shape index (κ2) is 31.8. The monoisotopic (exact) mass is 725 g/mol. The number of hydrogen-bond acceptors (Lipinski definition) is 1. The van der Waals surface area contributed by atoms with Crippen LogP contribution in [0.25, 0.3) is 11.1 Å². The summed E-state index contributed by atoms with van der Waals surface area (Å²) in [5.74, 6) is 19.6. The van der Waals surface area contributed by atoms with Crippen LogP contribution in [-0.4, -0.2) is 7.11 Å². The Kier molecular flexibility index (Phi) is 26.8. The minimum atomic E-state index is -0.221. The van der Waals surface area contributed by atoms with Gasteiger partial charge in [0.2, 0.25) is 0 Å². The fourth-order valence-electron chi connectivity index (χ4n) is 5.70. The maximum atomic E-state index is 13.2. The third kappa shape index (κ3) is 21.1. The van der Waals surface area contributed by atoms with Crippen molar-refractivity contribution in [3.63, 3.8) is 0 Å². The Hall–Kier alpha value is -4.71. The Morgan fingerprint density at radius 2 is 0.833 bits per heavy atom. The van der Waals surface area contributed by atoms with E-state index in [0.717, 1.165) is 42.6 Å². The van der Waals surface area contributed by atoms with E-state index >= 15 is 0 Å². The van der Waals surface area contributed by atoms with E-state index in [1.165, 1.54) is 107 Å². The van der Waals surface area contributed by atoms with Crippen LogP contribution in [0.1, 0.15) is 153 Å². The highest BCUT2D eigenvalue weighted by Gasteiger charge is 2.01. The van der Waals surface area contributed by atoms with Crippen molar-refractivity contribution in [3.8, 4) is 52.4 Å². The van der Waals surface area contributed by atoms with Crippen LogP contribution in [0.4, 0.5) is 4.39 Å². The zero-order valence-corrected chi connectivity index (χ0v) is 33.8. The van der Waals surface area contributed by atoms with Crippen molar-refractivity contribution in [2.45, 2.75) is 136 Å². The summed E-state index contributed by atoms with van der Waals surface area (Å²) < 4.78 is 18.4. The number of methoxy groups -OCH3 is 1. The average molecular weight is 725 g/mol. The van der Waals surface area contributed by atoms with Crippen molar-refractivity contribution in [2.75, 3.05) is 7.11 Å². The van der Waals surface area contributed by atoms with Crippen molar-refractivity contribution < 1.29 is 9.13 Å². The molecule has 0 amide bonds. The first-order valence-corrected chi connectivity index (χ1v) is 20.6. The number of unbranched alkanes of at least 4 members (excludes halogenated alkanes) is 15. The van der Waals surface area contributed by atoms with Gasteiger partial charge in [-0.05, 0) is 60.7 Å². The summed E-state index contributed by atoms with van der Waals surface area (Å²) in [5, 5.41) is 0. The van der Waals surface area contributed by atoms with Gasteiger partial charge in [0.15, 0.2) is 0 Å². The second-order valence-corrected chi connectivity index (χ2v) is 13.5. The fourth-order valence-corrected chi connectivity index (χ4v) is 5.70. The lowest BCUT2D eigenvalue weighted by Gasteiger charge is -2.04. The predicted octanol–water partition coefficient (Wildman–Crippen LogP) is 15.0. The molecule has 4 aromatic carbocycles. The van der Waals surface area contributed by atoms with Crippen LogP contribution in [-0.2, 0) is 0 Å². The second-order valence-electron chi connectivity index (χ2n) is 13.5. The Labute approximate surface area is 329 Å². The molecule has 0 aromatic heterocycles. The van der Waals surface area contributed by atoms with Crippen LogP contribution >= 0.6 is 0 Å². The molecule has 0 spiro atoms. The van der Waals surface area contributed by atoms with Gasteiger partial charge in [-0.25, -0.2) is 4.39 Å². The van der Waals surface area contributed by atoms with Gasteiger partial charge in [0.25, 0.3) is 0 Å². The summed E-state index contributed by atoms with van der Waals surface area (Å²) >= 11 is 0. The van der Waals surface area contributed by atoms with Gasteiger partial charge in [-0.3, -0.25) is 0 Å². The first-order valence-electron chi connectivity index (χ1n) is 20.6. The van der Waals surface area contributed by atoms with Crippen LogP contribution in [0, 0.1) is 41.3 Å². The van der Waals surface area contributed by atoms with Crippen molar-refractivity contribution in [3.05, 3.63) is 126 Å². The van der Waals surface area contributed by atoms with Gasteiger partial charge in [0.05, 0.1) is 18.2 Å². The van der Waals surface area contributed by atoms with E-state index in [0.29, 0.717) is 5.56 Å². The number of ether oxygens (including phenoxy) is 1. The quantitative estimate of drug-likeness (QED) is 0.0778. The van der Waals surface area contributed by atoms with Gasteiger partial charge in [0, 0.05) is 24.8 Å². The molecule has 4 aromatic rings. The molecule has 4 rings (SSSR count). The van der Waals surface area contributed by atoms with Gasteiger partial charge in [0.1, 0.15) is 11.6 Å². The Bertz CT molecular complexity index is 1720. The molecule has 0 aliphatic rings. The largest absolute Gasteiger partial charge is 0.495 e. The first-order chi connectivity index (χ1) is 26.6. The third-order valence-corrected chi connectivity index (χ3v) is 8.88. The fraction of sp³-hybridized carbons (Fsp3) is 0.423.